The van der Waals surface area contributed by atoms with Crippen LogP contribution in [0.4, 0.5) is 0 Å². The second-order valence-electron chi connectivity index (χ2n) is 5.03. The molecule has 1 atom stereocenters. The number of hydrogen-bond donors (Lipinski definition) is 1. The van der Waals surface area contributed by atoms with E-state index >= 15 is 0 Å². The van der Waals surface area contributed by atoms with Crippen LogP contribution in [0.5, 0.6) is 0 Å². The summed E-state index contributed by atoms with van der Waals surface area (Å²) in [5.74, 6) is 1.38. The Morgan fingerprint density at radius 2 is 2.16 bits per heavy atom. The maximum Gasteiger partial charge on any atom is 0.160 e. The summed E-state index contributed by atoms with van der Waals surface area (Å²) in [4.78, 5) is 9.50. The minimum Gasteiger partial charge on any atom is -0.393 e. The maximum absolute atomic E-state index is 5.96. The molecule has 6 heteroatoms. The molecule has 0 spiro atoms. The molecule has 102 valence electrons. The number of halogens is 1. The molecule has 0 saturated heterocycles. The minimum atomic E-state index is 0.0994. The minimum absolute atomic E-state index is 0.0994. The highest BCUT2D eigenvalue weighted by atomic mass is 35.5. The Morgan fingerprint density at radius 1 is 1.47 bits per heavy atom. The van der Waals surface area contributed by atoms with Crippen molar-refractivity contribution < 1.29 is 0 Å². The van der Waals surface area contributed by atoms with Gasteiger partial charge in [0.1, 0.15) is 11.3 Å². The number of pyridine rings is 1. The van der Waals surface area contributed by atoms with Crippen LogP contribution < -0.4 is 5.73 Å². The lowest BCUT2D eigenvalue weighted by Gasteiger charge is -2.15. The molecule has 0 aliphatic rings. The lowest BCUT2D eigenvalue weighted by atomic mass is 10.1. The predicted octanol–water partition coefficient (Wildman–Crippen LogP) is 3.13. The molecule has 4 nitrogen and oxygen atoms in total. The first-order valence-corrected chi connectivity index (χ1v) is 6.99. The van der Waals surface area contributed by atoms with Gasteiger partial charge in [0.2, 0.25) is 0 Å². The lowest BCUT2D eigenvalue weighted by molar-refractivity contribution is 0.566. The Morgan fingerprint density at radius 3 is 2.74 bits per heavy atom. The molecule has 2 heterocycles. The zero-order valence-corrected chi connectivity index (χ0v) is 12.8. The summed E-state index contributed by atoms with van der Waals surface area (Å²) in [6.45, 7) is 6.90. The van der Waals surface area contributed by atoms with Crippen molar-refractivity contribution in [3.63, 3.8) is 0 Å². The van der Waals surface area contributed by atoms with E-state index < -0.39 is 0 Å². The first-order valence-electron chi connectivity index (χ1n) is 6.21. The van der Waals surface area contributed by atoms with Gasteiger partial charge in [0, 0.05) is 24.6 Å². The second kappa shape index (κ2) is 5.43. The fourth-order valence-corrected chi connectivity index (χ4v) is 2.22. The Balaban J connectivity index is 2.55. The van der Waals surface area contributed by atoms with E-state index in [-0.39, 0.29) is 5.92 Å². The number of aromatic nitrogens is 3. The van der Waals surface area contributed by atoms with Crippen molar-refractivity contribution in [1.29, 1.82) is 0 Å². The van der Waals surface area contributed by atoms with E-state index in [1.165, 1.54) is 0 Å². The van der Waals surface area contributed by atoms with Crippen molar-refractivity contribution >= 4 is 40.0 Å². The molecule has 0 aliphatic heterocycles. The molecule has 2 rings (SSSR count). The van der Waals surface area contributed by atoms with E-state index in [1.54, 1.807) is 6.20 Å². The fourth-order valence-electron chi connectivity index (χ4n) is 1.99. The highest BCUT2D eigenvalue weighted by Gasteiger charge is 2.17. The summed E-state index contributed by atoms with van der Waals surface area (Å²) in [7, 11) is 0. The Bertz CT molecular complexity index is 620. The molecule has 0 bridgehead atoms. The van der Waals surface area contributed by atoms with Gasteiger partial charge in [0.05, 0.1) is 10.0 Å². The van der Waals surface area contributed by atoms with Gasteiger partial charge in [-0.1, -0.05) is 44.6 Å². The maximum atomic E-state index is 5.96. The van der Waals surface area contributed by atoms with E-state index in [0.29, 0.717) is 22.5 Å². The van der Waals surface area contributed by atoms with Crippen LogP contribution in [-0.4, -0.2) is 19.5 Å². The molecule has 2 aromatic rings. The molecule has 0 aromatic carbocycles. The number of hydrogen-bond acceptors (Lipinski definition) is 3. The zero-order valence-electron chi connectivity index (χ0n) is 11.2. The van der Waals surface area contributed by atoms with Gasteiger partial charge in [-0.05, 0) is 6.07 Å². The largest absolute Gasteiger partial charge is 0.393 e. The van der Waals surface area contributed by atoms with E-state index in [9.17, 15) is 0 Å². The lowest BCUT2D eigenvalue weighted by Crippen LogP contribution is -2.24. The van der Waals surface area contributed by atoms with Crippen molar-refractivity contribution in [1.82, 2.24) is 14.5 Å². The van der Waals surface area contributed by atoms with Gasteiger partial charge in [-0.15, -0.1) is 0 Å². The third-order valence-corrected chi connectivity index (χ3v) is 3.65. The summed E-state index contributed by atoms with van der Waals surface area (Å²) in [5, 5.41) is 0.592. The molecule has 1 unspecified atom stereocenters. The summed E-state index contributed by atoms with van der Waals surface area (Å²) in [5.41, 5.74) is 7.34. The molecule has 0 fully saturated rings. The van der Waals surface area contributed by atoms with Gasteiger partial charge in [-0.3, -0.25) is 0 Å². The summed E-state index contributed by atoms with van der Waals surface area (Å²) in [6, 6.07) is 1.83. The first-order chi connectivity index (χ1) is 8.90. The second-order valence-corrected chi connectivity index (χ2v) is 5.94. The molecule has 0 aliphatic carbocycles. The van der Waals surface area contributed by atoms with Crippen LogP contribution in [0.2, 0.25) is 5.02 Å². The Hall–Kier alpha value is -1.20. The molecular weight excluding hydrogens is 280 g/mol. The SMILES string of the molecule is CC(Cn1c(C(C)C)nc2cc(Cl)cnc21)C(N)=S. The zero-order chi connectivity index (χ0) is 14.2. The van der Waals surface area contributed by atoms with Crippen LogP contribution in [0.25, 0.3) is 11.2 Å². The van der Waals surface area contributed by atoms with Crippen LogP contribution in [0.15, 0.2) is 12.3 Å². The van der Waals surface area contributed by atoms with Crippen molar-refractivity contribution in [3.05, 3.63) is 23.1 Å². The van der Waals surface area contributed by atoms with Gasteiger partial charge in [0.15, 0.2) is 5.65 Å². The average molecular weight is 297 g/mol. The molecule has 0 amide bonds. The van der Waals surface area contributed by atoms with Crippen LogP contribution in [0.3, 0.4) is 0 Å². The van der Waals surface area contributed by atoms with Crippen LogP contribution >= 0.6 is 23.8 Å². The molecular formula is C13H17ClN4S. The summed E-state index contributed by atoms with van der Waals surface area (Å²) >= 11 is 11.0. The number of nitrogens with two attached hydrogens (primary N) is 1. The third-order valence-electron chi connectivity index (χ3n) is 3.04. The topological polar surface area (TPSA) is 56.7 Å². The van der Waals surface area contributed by atoms with Gasteiger partial charge < -0.3 is 10.3 Å². The fraction of sp³-hybridized carbons (Fsp3) is 0.462. The molecule has 2 aromatic heterocycles. The number of nitrogens with zero attached hydrogens (tertiary/aromatic N) is 3. The summed E-state index contributed by atoms with van der Waals surface area (Å²) in [6.07, 6.45) is 1.64. The predicted molar refractivity (Wildman–Crippen MR) is 82.6 cm³/mol. The van der Waals surface area contributed by atoms with Gasteiger partial charge in [-0.25, -0.2) is 9.97 Å². The van der Waals surface area contributed by atoms with Gasteiger partial charge in [-0.2, -0.15) is 0 Å². The number of fused-ring (bicyclic) bond motifs is 1. The van der Waals surface area contributed by atoms with Crippen LogP contribution in [0.1, 0.15) is 32.5 Å². The standard InChI is InChI=1S/C13H17ClN4S/c1-7(2)12-17-10-4-9(14)5-16-13(10)18(12)6-8(3)11(15)19/h4-5,7-8H,6H2,1-3H3,(H2,15,19). The Kier molecular flexibility index (Phi) is 4.06. The monoisotopic (exact) mass is 296 g/mol. The normalized spacial score (nSPS) is 13.1. The number of thiocarbonyl (C=S) groups is 1. The molecule has 19 heavy (non-hydrogen) atoms. The van der Waals surface area contributed by atoms with Crippen molar-refractivity contribution in [2.24, 2.45) is 11.7 Å². The van der Waals surface area contributed by atoms with E-state index in [1.807, 2.05) is 13.0 Å². The smallest absolute Gasteiger partial charge is 0.160 e. The van der Waals surface area contributed by atoms with Crippen LogP contribution in [-0.2, 0) is 6.54 Å². The highest BCUT2D eigenvalue weighted by molar-refractivity contribution is 7.80. The summed E-state index contributed by atoms with van der Waals surface area (Å²) < 4.78 is 2.08. The van der Waals surface area contributed by atoms with Gasteiger partial charge >= 0.3 is 0 Å². The van der Waals surface area contributed by atoms with E-state index in [0.717, 1.165) is 17.0 Å². The van der Waals surface area contributed by atoms with Crippen molar-refractivity contribution in [2.75, 3.05) is 0 Å². The van der Waals surface area contributed by atoms with E-state index in [4.69, 9.17) is 29.6 Å². The van der Waals surface area contributed by atoms with Gasteiger partial charge in [0.25, 0.3) is 0 Å². The first kappa shape index (κ1) is 14.2. The quantitative estimate of drug-likeness (QED) is 0.881. The Labute approximate surface area is 123 Å². The number of imidazole rings is 1. The van der Waals surface area contributed by atoms with Crippen molar-refractivity contribution in [3.8, 4) is 0 Å². The molecule has 2 N–H and O–H groups in total. The van der Waals surface area contributed by atoms with E-state index in [2.05, 4.69) is 28.4 Å². The van der Waals surface area contributed by atoms with Crippen LogP contribution in [0, 0.1) is 5.92 Å². The highest BCUT2D eigenvalue weighted by Crippen LogP contribution is 2.23. The molecule has 0 radical (unpaired) electrons. The average Bonchev–Trinajstić information content (AvgIpc) is 2.67. The number of rotatable bonds is 4. The third kappa shape index (κ3) is 2.87. The van der Waals surface area contributed by atoms with Crippen molar-refractivity contribution in [2.45, 2.75) is 33.2 Å². The molecule has 0 saturated carbocycles.